The number of allylic oxidation sites excluding steroid dienone is 2. The molecule has 0 saturated carbocycles. The second-order valence-corrected chi connectivity index (χ2v) is 7.53. The minimum absolute atomic E-state index is 0.216. The standard InChI is InChI=1S/C20H19Cl2N/c1-11-8-12(2)19-17(9-11)14-4-3-5-15(14)20(23-19)16-7-6-13(21)10-18(16)22/h3-4,6-10,14-15,20,23H,5H2,1-2H3. The number of rotatable bonds is 1. The van der Waals surface area contributed by atoms with E-state index in [0.717, 1.165) is 17.0 Å². The Hall–Kier alpha value is -1.44. The van der Waals surface area contributed by atoms with Crippen LogP contribution in [0.2, 0.25) is 10.0 Å². The zero-order chi connectivity index (χ0) is 16.1. The van der Waals surface area contributed by atoms with Crippen LogP contribution < -0.4 is 5.32 Å². The predicted octanol–water partition coefficient (Wildman–Crippen LogP) is 6.44. The van der Waals surface area contributed by atoms with Gasteiger partial charge in [-0.3, -0.25) is 0 Å². The molecule has 3 heteroatoms. The Morgan fingerprint density at radius 3 is 2.65 bits per heavy atom. The second kappa shape index (κ2) is 5.58. The lowest BCUT2D eigenvalue weighted by Gasteiger charge is -2.39. The number of halogens is 2. The van der Waals surface area contributed by atoms with E-state index < -0.39 is 0 Å². The molecule has 23 heavy (non-hydrogen) atoms. The van der Waals surface area contributed by atoms with Gasteiger partial charge < -0.3 is 5.32 Å². The van der Waals surface area contributed by atoms with E-state index in [1.165, 1.54) is 22.4 Å². The average molecular weight is 344 g/mol. The van der Waals surface area contributed by atoms with Gasteiger partial charge in [0.25, 0.3) is 0 Å². The summed E-state index contributed by atoms with van der Waals surface area (Å²) in [4.78, 5) is 0. The van der Waals surface area contributed by atoms with E-state index in [-0.39, 0.29) is 6.04 Å². The lowest BCUT2D eigenvalue weighted by atomic mass is 9.76. The third-order valence-corrected chi connectivity index (χ3v) is 5.67. The van der Waals surface area contributed by atoms with E-state index >= 15 is 0 Å². The number of fused-ring (bicyclic) bond motifs is 3. The van der Waals surface area contributed by atoms with Crippen molar-refractivity contribution in [3.8, 4) is 0 Å². The lowest BCUT2D eigenvalue weighted by Crippen LogP contribution is -2.29. The smallest absolute Gasteiger partial charge is 0.0568 e. The second-order valence-electron chi connectivity index (χ2n) is 6.69. The first-order valence-electron chi connectivity index (χ1n) is 8.04. The van der Waals surface area contributed by atoms with Crippen LogP contribution in [0.4, 0.5) is 5.69 Å². The molecule has 2 aliphatic rings. The van der Waals surface area contributed by atoms with Gasteiger partial charge in [-0.25, -0.2) is 0 Å². The summed E-state index contributed by atoms with van der Waals surface area (Å²) in [6.45, 7) is 4.35. The number of hydrogen-bond donors (Lipinski definition) is 1. The van der Waals surface area contributed by atoms with Gasteiger partial charge in [-0.15, -0.1) is 0 Å². The molecular formula is C20H19Cl2N. The van der Waals surface area contributed by atoms with Crippen LogP contribution in [0, 0.1) is 19.8 Å². The van der Waals surface area contributed by atoms with Gasteiger partial charge in [0.2, 0.25) is 0 Å². The normalized spacial score (nSPS) is 25.0. The summed E-state index contributed by atoms with van der Waals surface area (Å²) in [6.07, 6.45) is 5.74. The highest BCUT2D eigenvalue weighted by Gasteiger charge is 2.39. The van der Waals surface area contributed by atoms with Crippen LogP contribution >= 0.6 is 23.2 Å². The summed E-state index contributed by atoms with van der Waals surface area (Å²) in [5.74, 6) is 0.962. The van der Waals surface area contributed by atoms with Crippen molar-refractivity contribution in [3.63, 3.8) is 0 Å². The zero-order valence-corrected chi connectivity index (χ0v) is 14.7. The fourth-order valence-electron chi connectivity index (χ4n) is 4.13. The maximum Gasteiger partial charge on any atom is 0.0568 e. The van der Waals surface area contributed by atoms with Gasteiger partial charge in [0.05, 0.1) is 6.04 Å². The maximum atomic E-state index is 6.50. The largest absolute Gasteiger partial charge is 0.377 e. The third-order valence-electron chi connectivity index (χ3n) is 5.11. The number of benzene rings is 2. The lowest BCUT2D eigenvalue weighted by molar-refractivity contribution is 0.425. The molecule has 3 unspecified atom stereocenters. The Bertz CT molecular complexity index is 810. The summed E-state index contributed by atoms with van der Waals surface area (Å²) in [5.41, 5.74) is 6.45. The quantitative estimate of drug-likeness (QED) is 0.587. The molecule has 0 amide bonds. The average Bonchev–Trinajstić information content (AvgIpc) is 2.97. The predicted molar refractivity (Wildman–Crippen MR) is 98.7 cm³/mol. The molecule has 1 aliphatic heterocycles. The summed E-state index contributed by atoms with van der Waals surface area (Å²) < 4.78 is 0. The van der Waals surface area contributed by atoms with E-state index in [1.807, 2.05) is 12.1 Å². The zero-order valence-electron chi connectivity index (χ0n) is 13.2. The molecule has 1 N–H and O–H groups in total. The van der Waals surface area contributed by atoms with Crippen LogP contribution in [0.25, 0.3) is 0 Å². The van der Waals surface area contributed by atoms with Gasteiger partial charge in [-0.1, -0.05) is 59.1 Å². The maximum absolute atomic E-state index is 6.50. The van der Waals surface area contributed by atoms with Crippen molar-refractivity contribution in [1.82, 2.24) is 0 Å². The molecule has 1 nitrogen and oxygen atoms in total. The van der Waals surface area contributed by atoms with Crippen molar-refractivity contribution >= 4 is 28.9 Å². The minimum Gasteiger partial charge on any atom is -0.377 e. The molecule has 118 valence electrons. The van der Waals surface area contributed by atoms with Gasteiger partial charge in [-0.05, 0) is 55.0 Å². The minimum atomic E-state index is 0.216. The number of anilines is 1. The first-order valence-corrected chi connectivity index (χ1v) is 8.79. The van der Waals surface area contributed by atoms with E-state index in [1.54, 1.807) is 0 Å². The Kier molecular flexibility index (Phi) is 3.66. The monoisotopic (exact) mass is 343 g/mol. The van der Waals surface area contributed by atoms with Crippen molar-refractivity contribution in [2.24, 2.45) is 5.92 Å². The summed E-state index contributed by atoms with van der Waals surface area (Å²) in [5, 5.41) is 5.20. The van der Waals surface area contributed by atoms with Crippen molar-refractivity contribution < 1.29 is 0 Å². The highest BCUT2D eigenvalue weighted by atomic mass is 35.5. The summed E-state index contributed by atoms with van der Waals surface area (Å²) >= 11 is 12.6. The van der Waals surface area contributed by atoms with Crippen LogP contribution in [0.3, 0.4) is 0 Å². The van der Waals surface area contributed by atoms with Gasteiger partial charge >= 0.3 is 0 Å². The molecule has 0 aromatic heterocycles. The molecule has 1 heterocycles. The Balaban J connectivity index is 1.84. The van der Waals surface area contributed by atoms with Gasteiger partial charge in [0, 0.05) is 21.7 Å². The first-order chi connectivity index (χ1) is 11.0. The molecule has 0 radical (unpaired) electrons. The molecule has 1 aliphatic carbocycles. The fourth-order valence-corrected chi connectivity index (χ4v) is 4.66. The molecule has 0 spiro atoms. The van der Waals surface area contributed by atoms with Crippen molar-refractivity contribution in [1.29, 1.82) is 0 Å². The molecule has 0 bridgehead atoms. The summed E-state index contributed by atoms with van der Waals surface area (Å²) in [6, 6.07) is 10.6. The number of aryl methyl sites for hydroxylation is 2. The number of nitrogens with one attached hydrogen (secondary N) is 1. The van der Waals surface area contributed by atoms with Crippen LogP contribution in [-0.4, -0.2) is 0 Å². The molecule has 0 fully saturated rings. The van der Waals surface area contributed by atoms with Gasteiger partial charge in [0.1, 0.15) is 0 Å². The van der Waals surface area contributed by atoms with Crippen LogP contribution in [0.15, 0.2) is 42.5 Å². The Morgan fingerprint density at radius 1 is 1.04 bits per heavy atom. The highest BCUT2D eigenvalue weighted by molar-refractivity contribution is 6.35. The molecule has 2 aromatic carbocycles. The van der Waals surface area contributed by atoms with Crippen molar-refractivity contribution in [3.05, 3.63) is 74.8 Å². The third kappa shape index (κ3) is 2.47. The molecule has 2 aromatic rings. The van der Waals surface area contributed by atoms with Crippen LogP contribution in [0.5, 0.6) is 0 Å². The molecule has 0 saturated heterocycles. The summed E-state index contributed by atoms with van der Waals surface area (Å²) in [7, 11) is 0. The van der Waals surface area contributed by atoms with Gasteiger partial charge in [-0.2, -0.15) is 0 Å². The van der Waals surface area contributed by atoms with Crippen molar-refractivity contribution in [2.75, 3.05) is 5.32 Å². The van der Waals surface area contributed by atoms with Crippen molar-refractivity contribution in [2.45, 2.75) is 32.2 Å². The first kappa shape index (κ1) is 15.1. The Labute approximate surface area is 147 Å². The molecule has 4 rings (SSSR count). The van der Waals surface area contributed by atoms with E-state index in [9.17, 15) is 0 Å². The van der Waals surface area contributed by atoms with Crippen LogP contribution in [0.1, 0.15) is 40.6 Å². The fraction of sp³-hybridized carbons (Fsp3) is 0.300. The number of hydrogen-bond acceptors (Lipinski definition) is 1. The van der Waals surface area contributed by atoms with Gasteiger partial charge in [0.15, 0.2) is 0 Å². The molecule has 3 atom stereocenters. The van der Waals surface area contributed by atoms with E-state index in [0.29, 0.717) is 16.9 Å². The van der Waals surface area contributed by atoms with Crippen LogP contribution in [-0.2, 0) is 0 Å². The van der Waals surface area contributed by atoms with E-state index in [4.69, 9.17) is 23.2 Å². The Morgan fingerprint density at radius 2 is 1.87 bits per heavy atom. The van der Waals surface area contributed by atoms with E-state index in [2.05, 4.69) is 49.5 Å². The SMILES string of the molecule is Cc1cc(C)c2c(c1)C1C=CCC1C(c1ccc(Cl)cc1Cl)N2. The molecular weight excluding hydrogens is 325 g/mol. The highest BCUT2D eigenvalue weighted by Crippen LogP contribution is 2.51. The topological polar surface area (TPSA) is 12.0 Å².